The Kier molecular flexibility index (Phi) is 9.23. The Hall–Kier alpha value is -1.06. The minimum Gasteiger partial charge on any atom is -0.423 e. The number of sulfonamides is 1. The number of nitrogens with zero attached hydrogens (tertiary/aromatic N) is 3. The molecule has 0 saturated heterocycles. The number of anilines is 1. The number of hydrogen-bond acceptors (Lipinski definition) is 4. The molecule has 1 heterocycles. The SMILES string of the molecule is CC(C)c1cc(Cl)cc(C(C)C)c1NC(=O)[N-]S(=O)(=O)c1ccn(C(C)C)n1.[Na+]. The van der Waals surface area contributed by atoms with Gasteiger partial charge in [0.1, 0.15) is 0 Å². The van der Waals surface area contributed by atoms with Crippen LogP contribution in [0.3, 0.4) is 0 Å². The number of carbonyl (C=O) groups excluding carboxylic acids is 1. The largest absolute Gasteiger partial charge is 1.00 e. The molecule has 0 atom stereocenters. The summed E-state index contributed by atoms with van der Waals surface area (Å²) in [5.74, 6) is 0.148. The molecule has 10 heteroatoms. The second-order valence-electron chi connectivity index (χ2n) is 7.49. The van der Waals surface area contributed by atoms with Crippen LogP contribution in [0.4, 0.5) is 10.5 Å². The molecule has 154 valence electrons. The minimum atomic E-state index is -4.21. The molecule has 0 aliphatic heterocycles. The van der Waals surface area contributed by atoms with Gasteiger partial charge in [-0.25, -0.2) is 8.42 Å². The van der Waals surface area contributed by atoms with Crippen molar-refractivity contribution in [2.75, 3.05) is 5.32 Å². The molecule has 29 heavy (non-hydrogen) atoms. The van der Waals surface area contributed by atoms with Crippen molar-refractivity contribution < 1.29 is 42.8 Å². The summed E-state index contributed by atoms with van der Waals surface area (Å²) < 4.78 is 29.7. The molecule has 0 saturated carbocycles. The molecule has 1 aromatic carbocycles. The number of aromatic nitrogens is 2. The van der Waals surface area contributed by atoms with E-state index in [9.17, 15) is 13.2 Å². The van der Waals surface area contributed by atoms with E-state index in [1.54, 1.807) is 12.1 Å². The van der Waals surface area contributed by atoms with Crippen molar-refractivity contribution in [2.24, 2.45) is 0 Å². The van der Waals surface area contributed by atoms with Gasteiger partial charge in [0.15, 0.2) is 11.1 Å². The average Bonchev–Trinajstić information content (AvgIpc) is 3.06. The molecular formula is C19H26ClN4NaO3S. The summed E-state index contributed by atoms with van der Waals surface area (Å²) in [6.07, 6.45) is 1.54. The molecule has 7 nitrogen and oxygen atoms in total. The Bertz CT molecular complexity index is 943. The molecule has 2 rings (SSSR count). The van der Waals surface area contributed by atoms with E-state index in [4.69, 9.17) is 11.6 Å². The maximum Gasteiger partial charge on any atom is 1.00 e. The van der Waals surface area contributed by atoms with E-state index in [2.05, 4.69) is 15.1 Å². The van der Waals surface area contributed by atoms with Gasteiger partial charge in [0, 0.05) is 17.3 Å². The molecule has 0 aliphatic carbocycles. The number of hydrogen-bond donors (Lipinski definition) is 1. The van der Waals surface area contributed by atoms with E-state index >= 15 is 0 Å². The molecule has 0 fully saturated rings. The second-order valence-corrected chi connectivity index (χ2v) is 9.48. The smallest absolute Gasteiger partial charge is 0.423 e. The van der Waals surface area contributed by atoms with Crippen LogP contribution in [-0.2, 0) is 10.0 Å². The van der Waals surface area contributed by atoms with E-state index in [-0.39, 0.29) is 52.5 Å². The third kappa shape index (κ3) is 6.46. The van der Waals surface area contributed by atoms with Gasteiger partial charge < -0.3 is 10.0 Å². The van der Waals surface area contributed by atoms with E-state index in [0.29, 0.717) is 10.7 Å². The summed E-state index contributed by atoms with van der Waals surface area (Å²) in [6.45, 7) is 11.6. The molecule has 1 N–H and O–H groups in total. The number of amides is 2. The van der Waals surface area contributed by atoms with Crippen molar-refractivity contribution in [1.82, 2.24) is 9.78 Å². The zero-order valence-electron chi connectivity index (χ0n) is 17.9. The molecule has 0 aliphatic rings. The molecule has 1 aromatic heterocycles. The Morgan fingerprint density at radius 1 is 1.10 bits per heavy atom. The molecule has 0 unspecified atom stereocenters. The number of carbonyl (C=O) groups is 1. The molecule has 0 bridgehead atoms. The van der Waals surface area contributed by atoms with Crippen LogP contribution >= 0.6 is 11.6 Å². The van der Waals surface area contributed by atoms with Crippen LogP contribution in [-0.4, -0.2) is 24.2 Å². The third-order valence-electron chi connectivity index (χ3n) is 4.22. The average molecular weight is 449 g/mol. The first kappa shape index (κ1) is 26.0. The molecule has 0 radical (unpaired) electrons. The third-order valence-corrected chi connectivity index (χ3v) is 5.59. The fourth-order valence-corrected chi connectivity index (χ4v) is 3.76. The van der Waals surface area contributed by atoms with Crippen molar-refractivity contribution in [2.45, 2.75) is 64.4 Å². The van der Waals surface area contributed by atoms with Gasteiger partial charge in [0.05, 0.1) is 0 Å². The normalized spacial score (nSPS) is 11.7. The summed E-state index contributed by atoms with van der Waals surface area (Å²) in [6, 6.07) is 3.89. The van der Waals surface area contributed by atoms with Crippen LogP contribution in [0.15, 0.2) is 29.4 Å². The molecule has 2 aromatic rings. The van der Waals surface area contributed by atoms with Crippen LogP contribution in [0.2, 0.25) is 5.02 Å². The Morgan fingerprint density at radius 3 is 2.03 bits per heavy atom. The standard InChI is InChI=1S/C19H27ClN4O3S.Na/c1-11(2)15-9-14(20)10-16(12(3)4)18(15)21-19(25)23-28(26,27)17-7-8-24(22-17)13(5)6;/h7-13H,1-6H3,(H2,21,23,25);/q;+1/p-1. The van der Waals surface area contributed by atoms with Gasteiger partial charge in [-0.1, -0.05) is 39.3 Å². The Morgan fingerprint density at radius 2 is 1.62 bits per heavy atom. The van der Waals surface area contributed by atoms with Gasteiger partial charge in [0.25, 0.3) is 0 Å². The summed E-state index contributed by atoms with van der Waals surface area (Å²) in [4.78, 5) is 12.5. The fraction of sp³-hybridized carbons (Fsp3) is 0.474. The predicted octanol–water partition coefficient (Wildman–Crippen LogP) is 2.66. The first-order valence-corrected chi connectivity index (χ1v) is 10.9. The van der Waals surface area contributed by atoms with Crippen molar-refractivity contribution in [1.29, 1.82) is 0 Å². The van der Waals surface area contributed by atoms with Gasteiger partial charge in [-0.2, -0.15) is 5.10 Å². The monoisotopic (exact) mass is 448 g/mol. The van der Waals surface area contributed by atoms with E-state index in [1.807, 2.05) is 41.5 Å². The number of urea groups is 1. The second kappa shape index (κ2) is 10.3. The first-order valence-electron chi connectivity index (χ1n) is 9.09. The number of benzene rings is 1. The van der Waals surface area contributed by atoms with E-state index in [0.717, 1.165) is 11.1 Å². The Labute approximate surface area is 199 Å². The van der Waals surface area contributed by atoms with Crippen molar-refractivity contribution in [3.05, 3.63) is 45.3 Å². The number of rotatable bonds is 6. The van der Waals surface area contributed by atoms with Crippen molar-refractivity contribution in [3.8, 4) is 0 Å². The van der Waals surface area contributed by atoms with Crippen molar-refractivity contribution >= 4 is 33.3 Å². The Balaban J connectivity index is 0.00000420. The quantitative estimate of drug-likeness (QED) is 0.687. The summed E-state index contributed by atoms with van der Waals surface area (Å²) in [7, 11) is -4.21. The van der Waals surface area contributed by atoms with Gasteiger partial charge >= 0.3 is 29.6 Å². The van der Waals surface area contributed by atoms with Gasteiger partial charge in [0.2, 0.25) is 10.0 Å². The number of nitrogens with one attached hydrogen (secondary N) is 1. The van der Waals surface area contributed by atoms with Crippen LogP contribution < -0.4 is 34.9 Å². The zero-order chi connectivity index (χ0) is 21.2. The van der Waals surface area contributed by atoms with Crippen molar-refractivity contribution in [3.63, 3.8) is 0 Å². The van der Waals surface area contributed by atoms with Gasteiger partial charge in [-0.05, 0) is 60.7 Å². The van der Waals surface area contributed by atoms with Crippen LogP contribution in [0.25, 0.3) is 4.72 Å². The molecular weight excluding hydrogens is 423 g/mol. The fourth-order valence-electron chi connectivity index (χ4n) is 2.74. The van der Waals surface area contributed by atoms with Gasteiger partial charge in [-0.3, -0.25) is 9.48 Å². The molecule has 2 amide bonds. The topological polar surface area (TPSA) is 95.2 Å². The van der Waals surface area contributed by atoms with E-state index < -0.39 is 16.1 Å². The van der Waals surface area contributed by atoms with Crippen LogP contribution in [0.5, 0.6) is 0 Å². The maximum absolute atomic E-state index is 12.5. The predicted molar refractivity (Wildman–Crippen MR) is 112 cm³/mol. The summed E-state index contributed by atoms with van der Waals surface area (Å²) >= 11 is 6.22. The molecule has 0 spiro atoms. The summed E-state index contributed by atoms with van der Waals surface area (Å²) in [5.41, 5.74) is 2.19. The maximum atomic E-state index is 12.5. The zero-order valence-corrected chi connectivity index (χ0v) is 21.5. The van der Waals surface area contributed by atoms with Crippen LogP contribution in [0, 0.1) is 0 Å². The van der Waals surface area contributed by atoms with E-state index in [1.165, 1.54) is 16.9 Å². The minimum absolute atomic E-state index is 0. The first-order chi connectivity index (χ1) is 12.9. The summed E-state index contributed by atoms with van der Waals surface area (Å²) in [5, 5.41) is 6.93. The van der Waals surface area contributed by atoms with Crippen LogP contribution in [0.1, 0.15) is 70.5 Å². The van der Waals surface area contributed by atoms with Gasteiger partial charge in [-0.15, -0.1) is 0 Å². The number of halogens is 1.